The maximum atomic E-state index is 12.9. The number of nitrogens with one attached hydrogen (secondary N) is 1. The molecule has 23 heavy (non-hydrogen) atoms. The fourth-order valence-corrected chi connectivity index (χ4v) is 2.54. The summed E-state index contributed by atoms with van der Waals surface area (Å²) in [4.78, 5) is 0. The first-order valence-corrected chi connectivity index (χ1v) is 8.33. The highest BCUT2D eigenvalue weighted by molar-refractivity contribution is 9.10. The largest absolute Gasteiger partial charge is 0.489 e. The molecule has 0 saturated heterocycles. The average Bonchev–Trinajstić information content (AvgIpc) is 2.55. The second-order valence-corrected chi connectivity index (χ2v) is 6.11. The molecular weight excluding hydrogens is 361 g/mol. The molecule has 0 radical (unpaired) electrons. The highest BCUT2D eigenvalue weighted by Crippen LogP contribution is 2.24. The van der Waals surface area contributed by atoms with Crippen LogP contribution in [0, 0.1) is 5.82 Å². The van der Waals surface area contributed by atoms with Gasteiger partial charge in [0.2, 0.25) is 0 Å². The van der Waals surface area contributed by atoms with Crippen molar-refractivity contribution in [2.45, 2.75) is 19.6 Å². The lowest BCUT2D eigenvalue weighted by molar-refractivity contribution is 0.194. The summed E-state index contributed by atoms with van der Waals surface area (Å²) in [7, 11) is 1.70. The van der Waals surface area contributed by atoms with Gasteiger partial charge in [0.1, 0.15) is 18.2 Å². The Morgan fingerprint density at radius 2 is 1.91 bits per heavy atom. The van der Waals surface area contributed by atoms with Gasteiger partial charge in [0, 0.05) is 30.3 Å². The molecule has 1 N–H and O–H groups in total. The van der Waals surface area contributed by atoms with E-state index in [2.05, 4.69) is 21.2 Å². The first-order chi connectivity index (χ1) is 11.2. The van der Waals surface area contributed by atoms with Crippen LogP contribution in [0.3, 0.4) is 0 Å². The van der Waals surface area contributed by atoms with Crippen LogP contribution in [0.1, 0.15) is 17.5 Å². The van der Waals surface area contributed by atoms with Crippen molar-refractivity contribution < 1.29 is 13.9 Å². The summed E-state index contributed by atoms with van der Waals surface area (Å²) in [5.41, 5.74) is 2.02. The standard InChI is InChI=1S/C18H21BrFNO2/c1-22-10-2-9-21-12-15-11-16(19)5-8-18(15)23-13-14-3-6-17(20)7-4-14/h3-8,11,21H,2,9-10,12-13H2,1H3. The molecule has 2 aromatic carbocycles. The van der Waals surface area contributed by atoms with Gasteiger partial charge in [0.25, 0.3) is 0 Å². The Morgan fingerprint density at radius 1 is 1.13 bits per heavy atom. The van der Waals surface area contributed by atoms with Crippen molar-refractivity contribution in [1.82, 2.24) is 5.32 Å². The number of methoxy groups -OCH3 is 1. The SMILES string of the molecule is COCCCNCc1cc(Br)ccc1OCc1ccc(F)cc1. The molecule has 0 unspecified atom stereocenters. The van der Waals surface area contributed by atoms with Gasteiger partial charge in [-0.15, -0.1) is 0 Å². The molecular formula is C18H21BrFNO2. The summed E-state index contributed by atoms with van der Waals surface area (Å²) >= 11 is 3.49. The van der Waals surface area contributed by atoms with E-state index >= 15 is 0 Å². The minimum Gasteiger partial charge on any atom is -0.489 e. The summed E-state index contributed by atoms with van der Waals surface area (Å²) in [6, 6.07) is 12.3. The van der Waals surface area contributed by atoms with Crippen molar-refractivity contribution in [2.24, 2.45) is 0 Å². The van der Waals surface area contributed by atoms with Crippen LogP contribution in [0.2, 0.25) is 0 Å². The Hall–Kier alpha value is -1.43. The third kappa shape index (κ3) is 6.29. The lowest BCUT2D eigenvalue weighted by atomic mass is 10.2. The zero-order valence-corrected chi connectivity index (χ0v) is 14.7. The van der Waals surface area contributed by atoms with Crippen LogP contribution >= 0.6 is 15.9 Å². The van der Waals surface area contributed by atoms with Crippen LogP contribution in [0.5, 0.6) is 5.75 Å². The number of hydrogen-bond donors (Lipinski definition) is 1. The fourth-order valence-electron chi connectivity index (χ4n) is 2.13. The van der Waals surface area contributed by atoms with Crippen LogP contribution in [0.4, 0.5) is 4.39 Å². The maximum Gasteiger partial charge on any atom is 0.124 e. The topological polar surface area (TPSA) is 30.5 Å². The average molecular weight is 382 g/mol. The molecule has 0 spiro atoms. The van der Waals surface area contributed by atoms with Crippen molar-refractivity contribution in [3.8, 4) is 5.75 Å². The van der Waals surface area contributed by atoms with E-state index in [0.29, 0.717) is 6.61 Å². The van der Waals surface area contributed by atoms with Crippen molar-refractivity contribution in [1.29, 1.82) is 0 Å². The summed E-state index contributed by atoms with van der Waals surface area (Å²) in [6.07, 6.45) is 0.969. The van der Waals surface area contributed by atoms with Crippen LogP contribution in [0.15, 0.2) is 46.9 Å². The van der Waals surface area contributed by atoms with Crippen LogP contribution in [-0.2, 0) is 17.9 Å². The number of halogens is 2. The lowest BCUT2D eigenvalue weighted by Crippen LogP contribution is -2.16. The molecule has 3 nitrogen and oxygen atoms in total. The minimum atomic E-state index is -0.238. The van der Waals surface area contributed by atoms with Crippen LogP contribution < -0.4 is 10.1 Å². The van der Waals surface area contributed by atoms with Gasteiger partial charge in [0.15, 0.2) is 0 Å². The summed E-state index contributed by atoms with van der Waals surface area (Å²) < 4.78 is 24.9. The molecule has 0 saturated carbocycles. The van der Waals surface area contributed by atoms with Crippen LogP contribution in [-0.4, -0.2) is 20.3 Å². The molecule has 2 rings (SSSR count). The molecule has 0 amide bonds. The molecule has 0 fully saturated rings. The molecule has 2 aromatic rings. The van der Waals surface area contributed by atoms with E-state index in [1.54, 1.807) is 19.2 Å². The number of rotatable bonds is 9. The maximum absolute atomic E-state index is 12.9. The Kier molecular flexibility index (Phi) is 7.52. The Labute approximate surface area is 144 Å². The van der Waals surface area contributed by atoms with Gasteiger partial charge in [-0.1, -0.05) is 28.1 Å². The molecule has 0 heterocycles. The van der Waals surface area contributed by atoms with Gasteiger partial charge in [-0.25, -0.2) is 4.39 Å². The first kappa shape index (κ1) is 17.9. The Bertz CT molecular complexity index is 604. The molecule has 0 aliphatic carbocycles. The highest BCUT2D eigenvalue weighted by Gasteiger charge is 2.05. The summed E-state index contributed by atoms with van der Waals surface area (Å²) in [5, 5.41) is 3.38. The zero-order valence-electron chi connectivity index (χ0n) is 13.1. The van der Waals surface area contributed by atoms with Gasteiger partial charge in [-0.3, -0.25) is 0 Å². The molecule has 124 valence electrons. The lowest BCUT2D eigenvalue weighted by Gasteiger charge is -2.13. The normalized spacial score (nSPS) is 10.7. The first-order valence-electron chi connectivity index (χ1n) is 7.54. The van der Waals surface area contributed by atoms with Crippen LogP contribution in [0.25, 0.3) is 0 Å². The molecule has 0 aliphatic rings. The molecule has 0 aromatic heterocycles. The van der Waals surface area contributed by atoms with Crippen molar-refractivity contribution in [3.05, 3.63) is 63.9 Å². The van der Waals surface area contributed by atoms with E-state index in [1.807, 2.05) is 18.2 Å². The second-order valence-electron chi connectivity index (χ2n) is 5.19. The minimum absolute atomic E-state index is 0.238. The van der Waals surface area contributed by atoms with Gasteiger partial charge in [-0.05, 0) is 48.9 Å². The predicted molar refractivity (Wildman–Crippen MR) is 93.1 cm³/mol. The highest BCUT2D eigenvalue weighted by atomic mass is 79.9. The second kappa shape index (κ2) is 9.65. The van der Waals surface area contributed by atoms with E-state index < -0.39 is 0 Å². The van der Waals surface area contributed by atoms with E-state index in [0.717, 1.165) is 47.5 Å². The number of ether oxygens (including phenoxy) is 2. The van der Waals surface area contributed by atoms with Crippen molar-refractivity contribution in [2.75, 3.05) is 20.3 Å². The number of benzene rings is 2. The molecule has 0 bridgehead atoms. The quantitative estimate of drug-likeness (QED) is 0.657. The third-order valence-corrected chi connectivity index (χ3v) is 3.84. The zero-order chi connectivity index (χ0) is 16.5. The third-order valence-electron chi connectivity index (χ3n) is 3.35. The van der Waals surface area contributed by atoms with E-state index in [1.165, 1.54) is 12.1 Å². The van der Waals surface area contributed by atoms with Gasteiger partial charge < -0.3 is 14.8 Å². The van der Waals surface area contributed by atoms with E-state index in [4.69, 9.17) is 9.47 Å². The molecule has 0 atom stereocenters. The Balaban J connectivity index is 1.93. The molecule has 0 aliphatic heterocycles. The predicted octanol–water partition coefficient (Wildman–Crippen LogP) is 4.29. The van der Waals surface area contributed by atoms with E-state index in [-0.39, 0.29) is 5.82 Å². The Morgan fingerprint density at radius 3 is 2.65 bits per heavy atom. The number of hydrogen-bond acceptors (Lipinski definition) is 3. The van der Waals surface area contributed by atoms with Gasteiger partial charge in [0.05, 0.1) is 0 Å². The summed E-state index contributed by atoms with van der Waals surface area (Å²) in [5.74, 6) is 0.593. The van der Waals surface area contributed by atoms with Crippen molar-refractivity contribution >= 4 is 15.9 Å². The van der Waals surface area contributed by atoms with Gasteiger partial charge >= 0.3 is 0 Å². The monoisotopic (exact) mass is 381 g/mol. The van der Waals surface area contributed by atoms with Crippen molar-refractivity contribution in [3.63, 3.8) is 0 Å². The summed E-state index contributed by atoms with van der Waals surface area (Å²) in [6.45, 7) is 2.78. The molecule has 5 heteroatoms. The smallest absolute Gasteiger partial charge is 0.124 e. The fraction of sp³-hybridized carbons (Fsp3) is 0.333. The van der Waals surface area contributed by atoms with Gasteiger partial charge in [-0.2, -0.15) is 0 Å². The van der Waals surface area contributed by atoms with E-state index in [9.17, 15) is 4.39 Å².